The number of carbonyl (C=O) groups excluding carboxylic acids is 1. The van der Waals surface area contributed by atoms with E-state index in [1.807, 2.05) is 19.1 Å². The van der Waals surface area contributed by atoms with Crippen LogP contribution in [-0.4, -0.2) is 23.7 Å². The third-order valence-electron chi connectivity index (χ3n) is 2.96. The zero-order valence-corrected chi connectivity index (χ0v) is 9.37. The molecule has 2 N–H and O–H groups in total. The topological polar surface area (TPSA) is 57.8 Å². The van der Waals surface area contributed by atoms with E-state index in [9.17, 15) is 4.79 Å². The van der Waals surface area contributed by atoms with Crippen LogP contribution in [0.3, 0.4) is 0 Å². The predicted molar refractivity (Wildman–Crippen MR) is 65.3 cm³/mol. The Morgan fingerprint density at radius 3 is 2.94 bits per heavy atom. The minimum absolute atomic E-state index is 0.0867. The minimum Gasteiger partial charge on any atom is -0.348 e. The maximum Gasteiger partial charge on any atom is 0.252 e. The maximum absolute atomic E-state index is 11.8. The van der Waals surface area contributed by atoms with Gasteiger partial charge in [-0.3, -0.25) is 4.79 Å². The van der Waals surface area contributed by atoms with E-state index in [0.29, 0.717) is 23.4 Å². The number of hydrogen-bond donors (Lipinski definition) is 2. The summed E-state index contributed by atoms with van der Waals surface area (Å²) in [6, 6.07) is 3.64. The summed E-state index contributed by atoms with van der Waals surface area (Å²) in [5, 5.41) is 2.78. The fraction of sp³-hybridized carbons (Fsp3) is 0.167. The monoisotopic (exact) mass is 223 g/mol. The largest absolute Gasteiger partial charge is 0.348 e. The molecule has 17 heavy (non-hydrogen) atoms. The van der Waals surface area contributed by atoms with Crippen molar-refractivity contribution in [1.82, 2.24) is 15.3 Å². The van der Waals surface area contributed by atoms with Gasteiger partial charge >= 0.3 is 0 Å². The average Bonchev–Trinajstić information content (AvgIpc) is 2.88. The number of amides is 1. The number of aromatic amines is 1. The van der Waals surface area contributed by atoms with Crippen LogP contribution in [0.15, 0.2) is 18.3 Å². The van der Waals surface area contributed by atoms with E-state index in [0.717, 1.165) is 16.8 Å². The number of H-pyrrole nitrogens is 1. The molecular weight excluding hydrogens is 213 g/mol. The Labute approximate surface area is 99.9 Å². The molecule has 4 nitrogen and oxygen atoms in total. The zero-order chi connectivity index (χ0) is 12.0. The first-order valence-corrected chi connectivity index (χ1v) is 5.38. The average molecular weight is 223 g/mol. The van der Waals surface area contributed by atoms with E-state index in [1.54, 1.807) is 6.20 Å². The molecule has 0 fully saturated rings. The van der Waals surface area contributed by atoms with Gasteiger partial charge in [0.2, 0.25) is 0 Å². The van der Waals surface area contributed by atoms with E-state index in [2.05, 4.69) is 15.3 Å². The van der Waals surface area contributed by atoms with Gasteiger partial charge in [-0.25, -0.2) is 4.98 Å². The number of fused-ring (bicyclic) bond motifs is 1. The molecule has 1 aliphatic rings. The Morgan fingerprint density at radius 1 is 1.41 bits per heavy atom. The molecule has 0 spiro atoms. The summed E-state index contributed by atoms with van der Waals surface area (Å²) in [5.74, 6) is 0.618. The lowest BCUT2D eigenvalue weighted by Gasteiger charge is -2.06. The van der Waals surface area contributed by atoms with Crippen LogP contribution in [0.4, 0.5) is 0 Å². The normalized spacial score (nSPS) is 13.6. The van der Waals surface area contributed by atoms with Gasteiger partial charge in [0.25, 0.3) is 5.91 Å². The molecule has 2 radical (unpaired) electrons. The summed E-state index contributed by atoms with van der Waals surface area (Å²) in [6.07, 6.45) is 1.74. The van der Waals surface area contributed by atoms with Crippen LogP contribution in [0, 0.1) is 6.92 Å². The zero-order valence-electron chi connectivity index (χ0n) is 9.37. The van der Waals surface area contributed by atoms with Crippen molar-refractivity contribution in [2.45, 2.75) is 13.5 Å². The van der Waals surface area contributed by atoms with Crippen molar-refractivity contribution in [3.8, 4) is 11.4 Å². The molecule has 0 saturated carbocycles. The highest BCUT2D eigenvalue weighted by Crippen LogP contribution is 2.25. The van der Waals surface area contributed by atoms with Crippen molar-refractivity contribution in [2.24, 2.45) is 0 Å². The van der Waals surface area contributed by atoms with Crippen LogP contribution in [0.2, 0.25) is 0 Å². The number of imidazole rings is 1. The number of hydrogen-bond acceptors (Lipinski definition) is 2. The van der Waals surface area contributed by atoms with Crippen molar-refractivity contribution in [1.29, 1.82) is 0 Å². The Hall–Kier alpha value is -2.04. The van der Waals surface area contributed by atoms with E-state index in [-0.39, 0.29) is 5.91 Å². The van der Waals surface area contributed by atoms with E-state index < -0.39 is 0 Å². The van der Waals surface area contributed by atoms with E-state index >= 15 is 0 Å². The first kappa shape index (κ1) is 10.1. The number of nitrogens with zero attached hydrogens (tertiary/aromatic N) is 1. The van der Waals surface area contributed by atoms with Gasteiger partial charge in [0.15, 0.2) is 0 Å². The third-order valence-corrected chi connectivity index (χ3v) is 2.96. The van der Waals surface area contributed by atoms with Crippen molar-refractivity contribution in [3.63, 3.8) is 0 Å². The van der Waals surface area contributed by atoms with Crippen LogP contribution in [0.5, 0.6) is 0 Å². The lowest BCUT2D eigenvalue weighted by atomic mass is 9.86. The Balaban J connectivity index is 2.25. The lowest BCUT2D eigenvalue weighted by molar-refractivity contribution is 0.0966. The van der Waals surface area contributed by atoms with Crippen molar-refractivity contribution in [2.75, 3.05) is 0 Å². The number of rotatable bonds is 1. The summed E-state index contributed by atoms with van der Waals surface area (Å²) in [4.78, 5) is 19.2. The highest BCUT2D eigenvalue weighted by Gasteiger charge is 2.25. The number of benzene rings is 1. The number of carbonyl (C=O) groups is 1. The molecule has 5 heteroatoms. The van der Waals surface area contributed by atoms with Gasteiger partial charge in [0.1, 0.15) is 13.7 Å². The fourth-order valence-electron chi connectivity index (χ4n) is 2.12. The molecule has 0 unspecified atom stereocenters. The molecule has 1 aromatic carbocycles. The van der Waals surface area contributed by atoms with Crippen LogP contribution < -0.4 is 10.8 Å². The number of nitrogens with one attached hydrogen (secondary N) is 2. The van der Waals surface area contributed by atoms with Crippen LogP contribution >= 0.6 is 0 Å². The lowest BCUT2D eigenvalue weighted by Crippen LogP contribution is -2.13. The molecule has 0 bridgehead atoms. The molecule has 3 rings (SSSR count). The summed E-state index contributed by atoms with van der Waals surface area (Å²) in [5.41, 5.74) is 3.91. The van der Waals surface area contributed by atoms with Crippen LogP contribution in [-0.2, 0) is 6.54 Å². The Kier molecular flexibility index (Phi) is 2.08. The number of aryl methyl sites for hydroxylation is 1. The van der Waals surface area contributed by atoms with Crippen molar-refractivity contribution < 1.29 is 4.79 Å². The highest BCUT2D eigenvalue weighted by molar-refractivity contribution is 6.34. The van der Waals surface area contributed by atoms with Crippen LogP contribution in [0.25, 0.3) is 11.4 Å². The SMILES string of the molecule is [B]c1ccc(-c2ncc(C)[nH]2)c2c1CNC2=O. The summed E-state index contributed by atoms with van der Waals surface area (Å²) in [6.45, 7) is 2.42. The van der Waals surface area contributed by atoms with Gasteiger partial charge in [0.05, 0.1) is 5.56 Å². The molecule has 1 amide bonds. The maximum atomic E-state index is 11.8. The Bertz CT molecular complexity index is 618. The molecule has 0 atom stereocenters. The van der Waals surface area contributed by atoms with Gasteiger partial charge in [0, 0.05) is 24.0 Å². The fourth-order valence-corrected chi connectivity index (χ4v) is 2.12. The molecule has 1 aliphatic heterocycles. The standard InChI is InChI=1S/C12H10BN3O/c1-6-4-14-11(16-6)7-2-3-9(13)8-5-15-12(17)10(7)8/h2-4H,5H2,1H3,(H,14,16)(H,15,17). The second-order valence-corrected chi connectivity index (χ2v) is 4.15. The quantitative estimate of drug-likeness (QED) is 0.688. The molecule has 82 valence electrons. The Morgan fingerprint density at radius 2 is 2.24 bits per heavy atom. The molecule has 0 saturated heterocycles. The highest BCUT2D eigenvalue weighted by atomic mass is 16.1. The second kappa shape index (κ2) is 3.48. The summed E-state index contributed by atoms with van der Waals surface area (Å²) in [7, 11) is 5.86. The van der Waals surface area contributed by atoms with Crippen molar-refractivity contribution >= 4 is 19.2 Å². The van der Waals surface area contributed by atoms with Gasteiger partial charge < -0.3 is 10.3 Å². The van der Waals surface area contributed by atoms with Gasteiger partial charge in [-0.05, 0) is 12.5 Å². The predicted octanol–water partition coefficient (Wildman–Crippen LogP) is 0.422. The first-order chi connectivity index (χ1) is 8.16. The summed E-state index contributed by atoms with van der Waals surface area (Å²) >= 11 is 0. The van der Waals surface area contributed by atoms with E-state index in [4.69, 9.17) is 7.85 Å². The van der Waals surface area contributed by atoms with Gasteiger partial charge in [-0.1, -0.05) is 17.6 Å². The minimum atomic E-state index is -0.0867. The second-order valence-electron chi connectivity index (χ2n) is 4.15. The molecule has 1 aromatic heterocycles. The summed E-state index contributed by atoms with van der Waals surface area (Å²) < 4.78 is 0. The van der Waals surface area contributed by atoms with Crippen LogP contribution in [0.1, 0.15) is 21.6 Å². The first-order valence-electron chi connectivity index (χ1n) is 5.38. The molecule has 2 heterocycles. The third kappa shape index (κ3) is 1.46. The van der Waals surface area contributed by atoms with E-state index in [1.165, 1.54) is 0 Å². The van der Waals surface area contributed by atoms with Gasteiger partial charge in [-0.15, -0.1) is 0 Å². The number of aromatic nitrogens is 2. The molecule has 0 aliphatic carbocycles. The molecule has 2 aromatic rings. The van der Waals surface area contributed by atoms with Gasteiger partial charge in [-0.2, -0.15) is 0 Å². The van der Waals surface area contributed by atoms with Crippen molar-refractivity contribution in [3.05, 3.63) is 35.2 Å². The molecular formula is C12H10BN3O. The smallest absolute Gasteiger partial charge is 0.252 e.